The zero-order valence-electron chi connectivity index (χ0n) is 8.69. The van der Waals surface area contributed by atoms with Crippen molar-refractivity contribution in [3.8, 4) is 11.3 Å². The van der Waals surface area contributed by atoms with Crippen molar-refractivity contribution >= 4 is 23.3 Å². The summed E-state index contributed by atoms with van der Waals surface area (Å²) in [5.74, 6) is 0.776. The van der Waals surface area contributed by atoms with E-state index >= 15 is 0 Å². The van der Waals surface area contributed by atoms with Gasteiger partial charge in [0.05, 0.1) is 11.7 Å². The summed E-state index contributed by atoms with van der Waals surface area (Å²) >= 11 is 7.11. The quantitative estimate of drug-likeness (QED) is 0.801. The van der Waals surface area contributed by atoms with E-state index in [1.807, 2.05) is 0 Å². The second-order valence-corrected chi connectivity index (χ2v) is 5.04. The lowest BCUT2D eigenvalue weighted by atomic mass is 9.80. The van der Waals surface area contributed by atoms with Gasteiger partial charge in [-0.1, -0.05) is 42.3 Å². The number of nitrogens with zero attached hydrogens (tertiary/aromatic N) is 2. The topological polar surface area (TPSA) is 25.8 Å². The fraction of sp³-hybridized carbons (Fsp3) is 0.333. The predicted octanol–water partition coefficient (Wildman–Crippen LogP) is 4.13. The smallest absolute Gasteiger partial charge is 0.170 e. The van der Waals surface area contributed by atoms with Crippen LogP contribution in [0.25, 0.3) is 11.3 Å². The fourth-order valence-corrected chi connectivity index (χ4v) is 2.77. The summed E-state index contributed by atoms with van der Waals surface area (Å²) in [5.41, 5.74) is 3.29. The Balaban J connectivity index is 1.90. The van der Waals surface area contributed by atoms with Gasteiger partial charge in [0.1, 0.15) is 5.69 Å². The monoisotopic (exact) mass is 250 g/mol. The summed E-state index contributed by atoms with van der Waals surface area (Å²) in [6.07, 6.45) is 4.03. The standard InChI is InChI=1S/C12H11ClN2S/c13-12-11(14-16-15-12)10-6-4-9(5-7-10)8-2-1-3-8/h4-8H,1-3H2. The second kappa shape index (κ2) is 4.15. The highest BCUT2D eigenvalue weighted by Crippen LogP contribution is 2.37. The lowest BCUT2D eigenvalue weighted by Gasteiger charge is -2.25. The van der Waals surface area contributed by atoms with Gasteiger partial charge in [0, 0.05) is 5.56 Å². The van der Waals surface area contributed by atoms with Crippen LogP contribution >= 0.6 is 23.3 Å². The third kappa shape index (κ3) is 1.74. The molecule has 3 rings (SSSR count). The molecule has 0 unspecified atom stereocenters. The number of hydrogen-bond acceptors (Lipinski definition) is 3. The van der Waals surface area contributed by atoms with Gasteiger partial charge in [-0.2, -0.15) is 8.75 Å². The van der Waals surface area contributed by atoms with Crippen LogP contribution in [0.1, 0.15) is 30.7 Å². The minimum atomic E-state index is 0.501. The zero-order valence-corrected chi connectivity index (χ0v) is 10.3. The molecule has 0 saturated heterocycles. The first-order valence-corrected chi connectivity index (χ1v) is 6.54. The van der Waals surface area contributed by atoms with Crippen LogP contribution in [0.2, 0.25) is 5.15 Å². The molecule has 16 heavy (non-hydrogen) atoms. The van der Waals surface area contributed by atoms with E-state index in [0.29, 0.717) is 5.15 Å². The first kappa shape index (κ1) is 10.2. The highest BCUT2D eigenvalue weighted by atomic mass is 35.5. The Morgan fingerprint density at radius 3 is 2.38 bits per heavy atom. The van der Waals surface area contributed by atoms with Gasteiger partial charge in [0.2, 0.25) is 0 Å². The Kier molecular flexibility index (Phi) is 2.65. The molecule has 4 heteroatoms. The summed E-state index contributed by atoms with van der Waals surface area (Å²) in [7, 11) is 0. The maximum atomic E-state index is 5.95. The van der Waals surface area contributed by atoms with Crippen molar-refractivity contribution in [2.45, 2.75) is 25.2 Å². The number of benzene rings is 1. The Morgan fingerprint density at radius 2 is 1.88 bits per heavy atom. The molecule has 0 atom stereocenters. The molecule has 1 fully saturated rings. The molecule has 1 aliphatic rings. The Bertz CT molecular complexity index is 488. The zero-order chi connectivity index (χ0) is 11.0. The van der Waals surface area contributed by atoms with E-state index in [9.17, 15) is 0 Å². The Morgan fingerprint density at radius 1 is 1.12 bits per heavy atom. The van der Waals surface area contributed by atoms with Gasteiger partial charge in [0.15, 0.2) is 5.15 Å². The lowest BCUT2D eigenvalue weighted by Crippen LogP contribution is -2.08. The first-order chi connectivity index (χ1) is 7.84. The highest BCUT2D eigenvalue weighted by Gasteiger charge is 2.19. The maximum Gasteiger partial charge on any atom is 0.170 e. The van der Waals surface area contributed by atoms with Gasteiger partial charge < -0.3 is 0 Å². The molecule has 82 valence electrons. The summed E-state index contributed by atoms with van der Waals surface area (Å²) in [6.45, 7) is 0. The van der Waals surface area contributed by atoms with Crippen molar-refractivity contribution in [1.29, 1.82) is 0 Å². The summed E-state index contributed by atoms with van der Waals surface area (Å²) in [6, 6.07) is 8.57. The molecule has 1 aromatic carbocycles. The fourth-order valence-electron chi connectivity index (χ4n) is 2.00. The molecule has 1 heterocycles. The van der Waals surface area contributed by atoms with Crippen LogP contribution < -0.4 is 0 Å². The largest absolute Gasteiger partial charge is 0.171 e. The van der Waals surface area contributed by atoms with Crippen molar-refractivity contribution < 1.29 is 0 Å². The number of hydrogen-bond donors (Lipinski definition) is 0. The van der Waals surface area contributed by atoms with Crippen LogP contribution in [-0.2, 0) is 0 Å². The van der Waals surface area contributed by atoms with E-state index in [2.05, 4.69) is 33.0 Å². The van der Waals surface area contributed by atoms with Crippen molar-refractivity contribution in [3.05, 3.63) is 35.0 Å². The van der Waals surface area contributed by atoms with Gasteiger partial charge in [-0.3, -0.25) is 0 Å². The summed E-state index contributed by atoms with van der Waals surface area (Å²) in [4.78, 5) is 0. The molecule has 0 amide bonds. The van der Waals surface area contributed by atoms with Crippen LogP contribution in [0.5, 0.6) is 0 Å². The normalized spacial score (nSPS) is 16.1. The predicted molar refractivity (Wildman–Crippen MR) is 66.9 cm³/mol. The van der Waals surface area contributed by atoms with E-state index in [4.69, 9.17) is 11.6 Å². The molecule has 2 nitrogen and oxygen atoms in total. The molecule has 0 bridgehead atoms. The minimum absolute atomic E-state index is 0.501. The second-order valence-electron chi connectivity index (χ2n) is 4.15. The average Bonchev–Trinajstić information content (AvgIpc) is 2.63. The molecule has 0 aliphatic heterocycles. The van der Waals surface area contributed by atoms with Crippen LogP contribution in [0.15, 0.2) is 24.3 Å². The van der Waals surface area contributed by atoms with Crippen LogP contribution in [0, 0.1) is 0 Å². The molecule has 1 saturated carbocycles. The van der Waals surface area contributed by atoms with Crippen LogP contribution in [-0.4, -0.2) is 8.75 Å². The molecule has 2 aromatic rings. The lowest BCUT2D eigenvalue weighted by molar-refractivity contribution is 0.420. The molecule has 1 aromatic heterocycles. The first-order valence-electron chi connectivity index (χ1n) is 5.43. The molecule has 0 radical (unpaired) electrons. The summed E-state index contributed by atoms with van der Waals surface area (Å²) < 4.78 is 8.17. The van der Waals surface area contributed by atoms with Crippen molar-refractivity contribution in [3.63, 3.8) is 0 Å². The van der Waals surface area contributed by atoms with Crippen molar-refractivity contribution in [2.24, 2.45) is 0 Å². The van der Waals surface area contributed by atoms with E-state index in [-0.39, 0.29) is 0 Å². The summed E-state index contributed by atoms with van der Waals surface area (Å²) in [5, 5.41) is 0.501. The van der Waals surface area contributed by atoms with Crippen LogP contribution in [0.4, 0.5) is 0 Å². The van der Waals surface area contributed by atoms with Gasteiger partial charge in [-0.15, -0.1) is 0 Å². The third-order valence-corrected chi connectivity index (χ3v) is 4.10. The van der Waals surface area contributed by atoms with Gasteiger partial charge in [0.25, 0.3) is 0 Å². The van der Waals surface area contributed by atoms with Gasteiger partial charge in [-0.05, 0) is 24.3 Å². The Labute approximate surface area is 104 Å². The van der Waals surface area contributed by atoms with E-state index in [1.54, 1.807) is 0 Å². The third-order valence-electron chi connectivity index (χ3n) is 3.21. The maximum absolute atomic E-state index is 5.95. The molecular weight excluding hydrogens is 240 g/mol. The van der Waals surface area contributed by atoms with E-state index < -0.39 is 0 Å². The van der Waals surface area contributed by atoms with Crippen molar-refractivity contribution in [1.82, 2.24) is 8.75 Å². The number of halogens is 1. The van der Waals surface area contributed by atoms with Gasteiger partial charge in [-0.25, -0.2) is 0 Å². The average molecular weight is 251 g/mol. The minimum Gasteiger partial charge on any atom is -0.171 e. The van der Waals surface area contributed by atoms with Crippen LogP contribution in [0.3, 0.4) is 0 Å². The Hall–Kier alpha value is -0.930. The van der Waals surface area contributed by atoms with Crippen molar-refractivity contribution in [2.75, 3.05) is 0 Å². The van der Waals surface area contributed by atoms with Gasteiger partial charge >= 0.3 is 0 Å². The molecule has 1 aliphatic carbocycles. The highest BCUT2D eigenvalue weighted by molar-refractivity contribution is 6.99. The van der Waals surface area contributed by atoms with E-state index in [0.717, 1.165) is 28.9 Å². The number of aromatic nitrogens is 2. The SMILES string of the molecule is Clc1nsnc1-c1ccc(C2CCC2)cc1. The molecule has 0 spiro atoms. The molecule has 0 N–H and O–H groups in total. The number of rotatable bonds is 2. The molecular formula is C12H11ClN2S. The van der Waals surface area contributed by atoms with E-state index in [1.165, 1.54) is 24.8 Å².